The largest absolute Gasteiger partial charge is 0.479 e. The van der Waals surface area contributed by atoms with E-state index in [0.29, 0.717) is 19.4 Å². The van der Waals surface area contributed by atoms with Crippen LogP contribution in [0.15, 0.2) is 11.6 Å². The van der Waals surface area contributed by atoms with E-state index in [1.54, 1.807) is 6.08 Å². The fourth-order valence-corrected chi connectivity index (χ4v) is 3.28. The van der Waals surface area contributed by atoms with Gasteiger partial charge in [-0.15, -0.1) is 0 Å². The van der Waals surface area contributed by atoms with Gasteiger partial charge in [-0.05, 0) is 38.5 Å². The molecule has 1 saturated carbocycles. The van der Waals surface area contributed by atoms with Crippen LogP contribution >= 0.6 is 0 Å². The minimum atomic E-state index is -1.18. The lowest BCUT2D eigenvalue weighted by Gasteiger charge is -2.33. The summed E-state index contributed by atoms with van der Waals surface area (Å²) in [5.74, 6) is -1.13. The second-order valence-electron chi connectivity index (χ2n) is 5.73. The Labute approximate surface area is 119 Å². The van der Waals surface area contributed by atoms with Gasteiger partial charge in [0.05, 0.1) is 6.61 Å². The zero-order chi connectivity index (χ0) is 14.6. The number of methoxy groups -OCH3 is 1. The lowest BCUT2D eigenvalue weighted by molar-refractivity contribution is -0.158. The average molecular weight is 281 g/mol. The number of carbonyl (C=O) groups is 2. The lowest BCUT2D eigenvalue weighted by Crippen LogP contribution is -2.55. The molecule has 1 saturated heterocycles. The predicted molar refractivity (Wildman–Crippen MR) is 74.4 cm³/mol. The van der Waals surface area contributed by atoms with Crippen molar-refractivity contribution in [3.05, 3.63) is 11.6 Å². The van der Waals surface area contributed by atoms with E-state index < -0.39 is 11.5 Å². The molecule has 1 atom stereocenters. The third-order valence-electron chi connectivity index (χ3n) is 4.36. The molecule has 1 N–H and O–H groups in total. The Morgan fingerprint density at radius 3 is 2.60 bits per heavy atom. The first-order chi connectivity index (χ1) is 9.60. The molecule has 1 amide bonds. The van der Waals surface area contributed by atoms with Gasteiger partial charge in [0.2, 0.25) is 5.91 Å². The van der Waals surface area contributed by atoms with Crippen molar-refractivity contribution in [1.29, 1.82) is 0 Å². The highest BCUT2D eigenvalue weighted by atomic mass is 16.5. The van der Waals surface area contributed by atoms with Crippen LogP contribution in [0.2, 0.25) is 0 Å². The van der Waals surface area contributed by atoms with Crippen molar-refractivity contribution in [2.24, 2.45) is 0 Å². The predicted octanol–water partition coefficient (Wildman–Crippen LogP) is 1.97. The summed E-state index contributed by atoms with van der Waals surface area (Å²) in [4.78, 5) is 25.6. The van der Waals surface area contributed by atoms with Gasteiger partial charge in [0.25, 0.3) is 0 Å². The fraction of sp³-hybridized carbons (Fsp3) is 0.733. The van der Waals surface area contributed by atoms with E-state index in [-0.39, 0.29) is 12.5 Å². The number of allylic oxidation sites excluding steroid dienone is 1. The van der Waals surface area contributed by atoms with E-state index in [1.807, 2.05) is 0 Å². The maximum absolute atomic E-state index is 12.4. The number of carboxylic acid groups (broad SMARTS) is 1. The van der Waals surface area contributed by atoms with Crippen molar-refractivity contribution in [3.8, 4) is 0 Å². The molecule has 0 bridgehead atoms. The Kier molecular flexibility index (Phi) is 4.81. The molecular weight excluding hydrogens is 258 g/mol. The van der Waals surface area contributed by atoms with Crippen molar-refractivity contribution < 1.29 is 19.4 Å². The molecular formula is C15H23NO4. The van der Waals surface area contributed by atoms with E-state index in [4.69, 9.17) is 4.74 Å². The highest BCUT2D eigenvalue weighted by molar-refractivity contribution is 5.94. The second kappa shape index (κ2) is 6.39. The molecule has 0 aromatic heterocycles. The molecule has 5 nitrogen and oxygen atoms in total. The van der Waals surface area contributed by atoms with E-state index in [9.17, 15) is 14.7 Å². The number of nitrogens with zero attached hydrogens (tertiary/aromatic N) is 1. The molecule has 0 aromatic carbocycles. The summed E-state index contributed by atoms with van der Waals surface area (Å²) in [7, 11) is 1.48. The van der Waals surface area contributed by atoms with Crippen LogP contribution < -0.4 is 0 Å². The van der Waals surface area contributed by atoms with Crippen LogP contribution in [0, 0.1) is 0 Å². The number of hydrogen-bond donors (Lipinski definition) is 1. The topological polar surface area (TPSA) is 66.8 Å². The normalized spacial score (nSPS) is 26.6. The van der Waals surface area contributed by atoms with Gasteiger partial charge in [0, 0.05) is 19.7 Å². The van der Waals surface area contributed by atoms with E-state index >= 15 is 0 Å². The quantitative estimate of drug-likeness (QED) is 0.800. The minimum Gasteiger partial charge on any atom is -0.479 e. The summed E-state index contributed by atoms with van der Waals surface area (Å²) in [6.07, 6.45) is 8.24. The number of hydrogen-bond acceptors (Lipinski definition) is 3. The highest BCUT2D eigenvalue weighted by Gasteiger charge is 2.49. The van der Waals surface area contributed by atoms with Gasteiger partial charge in [-0.2, -0.15) is 0 Å². The zero-order valence-electron chi connectivity index (χ0n) is 12.1. The Hall–Kier alpha value is -1.36. The van der Waals surface area contributed by atoms with Crippen molar-refractivity contribution >= 4 is 11.9 Å². The van der Waals surface area contributed by atoms with Gasteiger partial charge in [-0.25, -0.2) is 4.79 Å². The first-order valence-electron chi connectivity index (χ1n) is 7.33. The molecule has 1 aliphatic heterocycles. The SMILES string of the molecule is COCC1(C(=O)O)CCCN1C(=O)C=C1CCCCC1. The molecule has 20 heavy (non-hydrogen) atoms. The number of likely N-dealkylation sites (tertiary alicyclic amines) is 1. The molecule has 0 radical (unpaired) electrons. The Bertz CT molecular complexity index is 410. The van der Waals surface area contributed by atoms with E-state index in [0.717, 1.165) is 31.3 Å². The van der Waals surface area contributed by atoms with Crippen LogP contribution in [0.5, 0.6) is 0 Å². The number of carboxylic acids is 1. The van der Waals surface area contributed by atoms with Crippen LogP contribution in [-0.4, -0.2) is 47.7 Å². The van der Waals surface area contributed by atoms with Crippen LogP contribution in [-0.2, 0) is 14.3 Å². The number of ether oxygens (including phenoxy) is 1. The maximum atomic E-state index is 12.4. The molecule has 2 fully saturated rings. The number of carbonyl (C=O) groups excluding carboxylic acids is 1. The van der Waals surface area contributed by atoms with Gasteiger partial charge in [0.15, 0.2) is 5.54 Å². The first kappa shape index (κ1) is 15.0. The summed E-state index contributed by atoms with van der Waals surface area (Å²) in [6, 6.07) is 0. The molecule has 1 unspecified atom stereocenters. The van der Waals surface area contributed by atoms with E-state index in [2.05, 4.69) is 0 Å². The van der Waals surface area contributed by atoms with Gasteiger partial charge in [-0.3, -0.25) is 4.79 Å². The Morgan fingerprint density at radius 2 is 2.00 bits per heavy atom. The van der Waals surface area contributed by atoms with Crippen LogP contribution in [0.3, 0.4) is 0 Å². The summed E-state index contributed by atoms with van der Waals surface area (Å²) in [5, 5.41) is 9.53. The summed E-state index contributed by atoms with van der Waals surface area (Å²) >= 11 is 0. The van der Waals surface area contributed by atoms with E-state index in [1.165, 1.54) is 18.4 Å². The van der Waals surface area contributed by atoms with Crippen molar-refractivity contribution in [2.45, 2.75) is 50.5 Å². The molecule has 1 aliphatic carbocycles. The van der Waals surface area contributed by atoms with Crippen molar-refractivity contribution in [1.82, 2.24) is 4.90 Å². The average Bonchev–Trinajstić information content (AvgIpc) is 2.85. The fourth-order valence-electron chi connectivity index (χ4n) is 3.28. The molecule has 0 aromatic rings. The Balaban J connectivity index is 2.16. The number of rotatable bonds is 4. The molecule has 0 spiro atoms. The molecule has 5 heteroatoms. The molecule has 2 rings (SSSR count). The lowest BCUT2D eigenvalue weighted by atomic mass is 9.93. The monoisotopic (exact) mass is 281 g/mol. The standard InChI is InChI=1S/C15H23NO4/c1-20-11-15(14(18)19)8-5-9-16(15)13(17)10-12-6-3-2-4-7-12/h10H,2-9,11H2,1H3,(H,18,19). The molecule has 2 aliphatic rings. The van der Waals surface area contributed by atoms with Crippen LogP contribution in [0.1, 0.15) is 44.9 Å². The van der Waals surface area contributed by atoms with Crippen molar-refractivity contribution in [3.63, 3.8) is 0 Å². The van der Waals surface area contributed by atoms with Gasteiger partial charge in [0.1, 0.15) is 0 Å². The Morgan fingerprint density at radius 1 is 1.30 bits per heavy atom. The maximum Gasteiger partial charge on any atom is 0.332 e. The summed E-state index contributed by atoms with van der Waals surface area (Å²) in [5.41, 5.74) is -0.0257. The van der Waals surface area contributed by atoms with Gasteiger partial charge >= 0.3 is 5.97 Å². The minimum absolute atomic E-state index is 0.0528. The number of aliphatic carboxylic acids is 1. The summed E-state index contributed by atoms with van der Waals surface area (Å²) < 4.78 is 5.07. The van der Waals surface area contributed by atoms with Gasteiger partial charge in [-0.1, -0.05) is 12.0 Å². The van der Waals surface area contributed by atoms with Crippen LogP contribution in [0.4, 0.5) is 0 Å². The zero-order valence-corrected chi connectivity index (χ0v) is 12.1. The molecule has 1 heterocycles. The highest BCUT2D eigenvalue weighted by Crippen LogP contribution is 2.31. The second-order valence-corrected chi connectivity index (χ2v) is 5.73. The van der Waals surface area contributed by atoms with Gasteiger partial charge < -0.3 is 14.7 Å². The summed E-state index contributed by atoms with van der Waals surface area (Å²) in [6.45, 7) is 0.551. The van der Waals surface area contributed by atoms with Crippen molar-refractivity contribution in [2.75, 3.05) is 20.3 Å². The number of amides is 1. The third kappa shape index (κ3) is 2.87. The molecule has 112 valence electrons. The first-order valence-corrected chi connectivity index (χ1v) is 7.33. The smallest absolute Gasteiger partial charge is 0.332 e. The van der Waals surface area contributed by atoms with Crippen LogP contribution in [0.25, 0.3) is 0 Å². The third-order valence-corrected chi connectivity index (χ3v) is 4.36.